The van der Waals surface area contributed by atoms with Crippen molar-refractivity contribution in [3.8, 4) is 5.75 Å². The van der Waals surface area contributed by atoms with Crippen molar-refractivity contribution in [1.82, 2.24) is 0 Å². The number of carbonyl (C=O) groups excluding carboxylic acids is 1. The molecule has 3 rings (SSSR count). The van der Waals surface area contributed by atoms with Gasteiger partial charge in [0, 0.05) is 0 Å². The molecular weight excluding hydrogens is 294 g/mol. The Bertz CT molecular complexity index is 666. The van der Waals surface area contributed by atoms with Crippen LogP contribution in [0.3, 0.4) is 0 Å². The third kappa shape index (κ3) is 3.03. The van der Waals surface area contributed by atoms with E-state index in [2.05, 4.69) is 0 Å². The van der Waals surface area contributed by atoms with Crippen molar-refractivity contribution in [3.05, 3.63) is 23.8 Å². The minimum atomic E-state index is -3.76. The maximum Gasteiger partial charge on any atom is 0.313 e. The zero-order valence-corrected chi connectivity index (χ0v) is 12.3. The van der Waals surface area contributed by atoms with E-state index in [-0.39, 0.29) is 23.6 Å². The second-order valence-electron chi connectivity index (χ2n) is 5.52. The van der Waals surface area contributed by atoms with Gasteiger partial charge in [0.25, 0.3) is 0 Å². The Morgan fingerprint density at radius 2 is 2.10 bits per heavy atom. The second kappa shape index (κ2) is 5.31. The number of fused-ring (bicyclic) bond motifs is 1. The summed E-state index contributed by atoms with van der Waals surface area (Å²) in [6.07, 6.45) is 3.38. The Balaban J connectivity index is 1.75. The number of ether oxygens (including phenoxy) is 2. The Kier molecular flexibility index (Phi) is 3.62. The molecule has 1 heterocycles. The van der Waals surface area contributed by atoms with Gasteiger partial charge in [-0.2, -0.15) is 0 Å². The molecule has 1 saturated carbocycles. The van der Waals surface area contributed by atoms with E-state index in [4.69, 9.17) is 14.6 Å². The predicted octanol–water partition coefficient (Wildman–Crippen LogP) is 0.981. The molecule has 1 unspecified atom stereocenters. The van der Waals surface area contributed by atoms with Gasteiger partial charge in [-0.25, -0.2) is 13.6 Å². The number of hydrogen-bond acceptors (Lipinski definition) is 5. The van der Waals surface area contributed by atoms with E-state index in [9.17, 15) is 13.2 Å². The molecular formula is C14H17NO5S. The van der Waals surface area contributed by atoms with E-state index >= 15 is 0 Å². The summed E-state index contributed by atoms with van der Waals surface area (Å²) in [5.74, 6) is -0.0738. The number of carbonyl (C=O) groups is 1. The van der Waals surface area contributed by atoms with Crippen molar-refractivity contribution < 1.29 is 22.7 Å². The number of benzene rings is 1. The zero-order chi connectivity index (χ0) is 15.0. The van der Waals surface area contributed by atoms with Gasteiger partial charge in [0.05, 0.1) is 10.8 Å². The fourth-order valence-electron chi connectivity index (χ4n) is 2.45. The lowest BCUT2D eigenvalue weighted by atomic mass is 9.94. The Hall–Kier alpha value is -1.60. The molecule has 114 valence electrons. The Morgan fingerprint density at radius 1 is 1.33 bits per heavy atom. The van der Waals surface area contributed by atoms with Crippen molar-refractivity contribution in [2.24, 2.45) is 11.1 Å². The first-order valence-corrected chi connectivity index (χ1v) is 8.47. The van der Waals surface area contributed by atoms with E-state index in [0.717, 1.165) is 19.3 Å². The van der Waals surface area contributed by atoms with Crippen LogP contribution in [0.25, 0.3) is 0 Å². The SMILES string of the molecule is NS(=O)(=O)c1ccc2c(c1)CC(C(=O)OC1CCC1)CO2. The topological polar surface area (TPSA) is 95.7 Å². The van der Waals surface area contributed by atoms with Gasteiger partial charge in [0.1, 0.15) is 18.5 Å². The van der Waals surface area contributed by atoms with Gasteiger partial charge in [-0.15, -0.1) is 0 Å². The average Bonchev–Trinajstić information content (AvgIpc) is 2.40. The predicted molar refractivity (Wildman–Crippen MR) is 74.2 cm³/mol. The average molecular weight is 311 g/mol. The van der Waals surface area contributed by atoms with Crippen molar-refractivity contribution in [2.75, 3.05) is 6.61 Å². The van der Waals surface area contributed by atoms with Crippen LogP contribution in [-0.2, 0) is 26.0 Å². The van der Waals surface area contributed by atoms with E-state index in [1.807, 2.05) is 0 Å². The van der Waals surface area contributed by atoms with Crippen molar-refractivity contribution in [1.29, 1.82) is 0 Å². The van der Waals surface area contributed by atoms with Gasteiger partial charge < -0.3 is 9.47 Å². The monoisotopic (exact) mass is 311 g/mol. The van der Waals surface area contributed by atoms with Crippen LogP contribution in [0.15, 0.2) is 23.1 Å². The minimum Gasteiger partial charge on any atom is -0.492 e. The zero-order valence-electron chi connectivity index (χ0n) is 11.4. The van der Waals surface area contributed by atoms with Crippen LogP contribution in [0.4, 0.5) is 0 Å². The van der Waals surface area contributed by atoms with E-state index < -0.39 is 15.9 Å². The summed E-state index contributed by atoms with van der Waals surface area (Å²) in [6.45, 7) is 0.257. The molecule has 1 aromatic carbocycles. The molecule has 1 fully saturated rings. The van der Waals surface area contributed by atoms with Gasteiger partial charge in [0.15, 0.2) is 0 Å². The summed E-state index contributed by atoms with van der Waals surface area (Å²) in [5.41, 5.74) is 0.670. The maximum absolute atomic E-state index is 12.0. The van der Waals surface area contributed by atoms with Crippen molar-refractivity contribution in [2.45, 2.75) is 36.7 Å². The highest BCUT2D eigenvalue weighted by Gasteiger charge is 2.31. The molecule has 21 heavy (non-hydrogen) atoms. The minimum absolute atomic E-state index is 0.0258. The van der Waals surface area contributed by atoms with E-state index in [1.165, 1.54) is 12.1 Å². The fourth-order valence-corrected chi connectivity index (χ4v) is 3.01. The van der Waals surface area contributed by atoms with E-state index in [0.29, 0.717) is 17.7 Å². The number of esters is 1. The quantitative estimate of drug-likeness (QED) is 0.840. The van der Waals surface area contributed by atoms with Crippen LogP contribution in [0, 0.1) is 5.92 Å². The number of hydrogen-bond donors (Lipinski definition) is 1. The molecule has 2 N–H and O–H groups in total. The summed E-state index contributed by atoms with van der Waals surface area (Å²) in [5, 5.41) is 5.12. The molecule has 0 amide bonds. The highest BCUT2D eigenvalue weighted by atomic mass is 32.2. The maximum atomic E-state index is 12.0. The number of primary sulfonamides is 1. The highest BCUT2D eigenvalue weighted by molar-refractivity contribution is 7.89. The van der Waals surface area contributed by atoms with Gasteiger partial charge in [0.2, 0.25) is 10.0 Å². The summed E-state index contributed by atoms with van der Waals surface area (Å²) in [7, 11) is -3.76. The van der Waals surface area contributed by atoms with Gasteiger partial charge in [-0.05, 0) is 49.4 Å². The summed E-state index contributed by atoms with van der Waals surface area (Å²) < 4.78 is 33.6. The Labute approximate surface area is 123 Å². The lowest BCUT2D eigenvalue weighted by molar-refractivity contribution is -0.159. The first-order chi connectivity index (χ1) is 9.93. The number of rotatable bonds is 3. The summed E-state index contributed by atoms with van der Waals surface area (Å²) >= 11 is 0. The Morgan fingerprint density at radius 3 is 2.71 bits per heavy atom. The lowest BCUT2D eigenvalue weighted by Crippen LogP contribution is -2.34. The van der Waals surface area contributed by atoms with Crippen LogP contribution < -0.4 is 9.88 Å². The molecule has 7 heteroatoms. The normalized spacial score (nSPS) is 21.9. The van der Waals surface area contributed by atoms with Crippen LogP contribution in [-0.4, -0.2) is 27.1 Å². The molecule has 0 saturated heterocycles. The standard InChI is InChI=1S/C14H17NO5S/c15-21(17,18)12-4-5-13-9(7-12)6-10(8-19-13)14(16)20-11-2-1-3-11/h4-5,7,10-11H,1-3,6,8H2,(H2,15,17,18). The highest BCUT2D eigenvalue weighted by Crippen LogP contribution is 2.31. The van der Waals surface area contributed by atoms with Crippen molar-refractivity contribution >= 4 is 16.0 Å². The van der Waals surface area contributed by atoms with Crippen LogP contribution in [0.1, 0.15) is 24.8 Å². The van der Waals surface area contributed by atoms with Crippen LogP contribution >= 0.6 is 0 Å². The lowest BCUT2D eigenvalue weighted by Gasteiger charge is -2.29. The third-order valence-electron chi connectivity index (χ3n) is 3.94. The molecule has 1 aliphatic carbocycles. The molecule has 1 aromatic rings. The largest absolute Gasteiger partial charge is 0.492 e. The van der Waals surface area contributed by atoms with Gasteiger partial charge in [-0.1, -0.05) is 0 Å². The molecule has 0 aromatic heterocycles. The molecule has 0 radical (unpaired) electrons. The molecule has 1 atom stereocenters. The fraction of sp³-hybridized carbons (Fsp3) is 0.500. The van der Waals surface area contributed by atoms with Gasteiger partial charge >= 0.3 is 5.97 Å². The van der Waals surface area contributed by atoms with Crippen molar-refractivity contribution in [3.63, 3.8) is 0 Å². The third-order valence-corrected chi connectivity index (χ3v) is 4.85. The molecule has 1 aliphatic heterocycles. The van der Waals surface area contributed by atoms with Crippen LogP contribution in [0.5, 0.6) is 5.75 Å². The van der Waals surface area contributed by atoms with Crippen LogP contribution in [0.2, 0.25) is 0 Å². The molecule has 2 aliphatic rings. The number of sulfonamides is 1. The molecule has 0 spiro atoms. The first-order valence-electron chi connectivity index (χ1n) is 6.92. The second-order valence-corrected chi connectivity index (χ2v) is 7.08. The smallest absolute Gasteiger partial charge is 0.313 e. The van der Waals surface area contributed by atoms with Gasteiger partial charge in [-0.3, -0.25) is 4.79 Å². The number of nitrogens with two attached hydrogens (primary N) is 1. The molecule has 0 bridgehead atoms. The summed E-state index contributed by atoms with van der Waals surface area (Å²) in [6, 6.07) is 4.44. The summed E-state index contributed by atoms with van der Waals surface area (Å²) in [4.78, 5) is 12.1. The first kappa shape index (κ1) is 14.3. The molecule has 6 nitrogen and oxygen atoms in total. The van der Waals surface area contributed by atoms with E-state index in [1.54, 1.807) is 6.07 Å².